The van der Waals surface area contributed by atoms with Crippen LogP contribution in [0.2, 0.25) is 5.02 Å². The van der Waals surface area contributed by atoms with Gasteiger partial charge in [0.05, 0.1) is 5.41 Å². The van der Waals surface area contributed by atoms with Crippen molar-refractivity contribution >= 4 is 17.6 Å². The summed E-state index contributed by atoms with van der Waals surface area (Å²) in [5.41, 5.74) is -0.596. The number of aliphatic hydroxyl groups is 1. The second-order valence-electron chi connectivity index (χ2n) is 3.59. The fraction of sp³-hybridized carbons (Fsp3) is 0.364. The van der Waals surface area contributed by atoms with Crippen molar-refractivity contribution in [2.45, 2.75) is 18.8 Å². The number of carboxylic acid groups (broad SMARTS) is 1. The first-order chi connectivity index (χ1) is 7.02. The highest BCUT2D eigenvalue weighted by atomic mass is 35.5. The number of aliphatic hydroxyl groups excluding tert-OH is 1. The lowest BCUT2D eigenvalue weighted by molar-refractivity contribution is -0.143. The first-order valence-electron chi connectivity index (χ1n) is 4.61. The summed E-state index contributed by atoms with van der Waals surface area (Å²) in [6.45, 7) is 1.38. The second kappa shape index (κ2) is 4.64. The van der Waals surface area contributed by atoms with Gasteiger partial charge in [-0.05, 0) is 25.0 Å². The minimum absolute atomic E-state index is 0.145. The van der Waals surface area contributed by atoms with E-state index in [0.717, 1.165) is 0 Å². The predicted molar refractivity (Wildman–Crippen MR) is 58.1 cm³/mol. The van der Waals surface area contributed by atoms with E-state index < -0.39 is 11.4 Å². The zero-order chi connectivity index (χ0) is 11.5. The Labute approximate surface area is 93.3 Å². The average molecular weight is 229 g/mol. The molecule has 1 rings (SSSR count). The molecule has 0 saturated carbocycles. The number of carboxylic acids is 1. The Hall–Kier alpha value is -1.06. The summed E-state index contributed by atoms with van der Waals surface area (Å²) in [4.78, 5) is 11.2. The molecule has 0 saturated heterocycles. The highest BCUT2D eigenvalue weighted by Gasteiger charge is 2.36. The predicted octanol–water partition coefficient (Wildman–Crippen LogP) is 2.06. The molecule has 1 atom stereocenters. The Balaban J connectivity index is 3.21. The van der Waals surface area contributed by atoms with Gasteiger partial charge in [0.2, 0.25) is 0 Å². The van der Waals surface area contributed by atoms with E-state index in [1.807, 2.05) is 0 Å². The maximum atomic E-state index is 11.2. The standard InChI is InChI=1S/C11H13ClO3/c1-11(6-7-13,10(14)15)8-4-2-3-5-9(8)12/h2-5,13H,6-7H2,1H3,(H,14,15). The van der Waals surface area contributed by atoms with Crippen LogP contribution in [0.4, 0.5) is 0 Å². The zero-order valence-corrected chi connectivity index (χ0v) is 9.16. The summed E-state index contributed by atoms with van der Waals surface area (Å²) in [6.07, 6.45) is 0.145. The Bertz CT molecular complexity index is 365. The first kappa shape index (κ1) is 12.0. The first-order valence-corrected chi connectivity index (χ1v) is 4.99. The molecule has 0 bridgehead atoms. The van der Waals surface area contributed by atoms with Crippen molar-refractivity contribution in [2.24, 2.45) is 0 Å². The van der Waals surface area contributed by atoms with E-state index in [9.17, 15) is 9.90 Å². The molecule has 0 heterocycles. The lowest BCUT2D eigenvalue weighted by Gasteiger charge is -2.25. The monoisotopic (exact) mass is 228 g/mol. The fourth-order valence-corrected chi connectivity index (χ4v) is 1.83. The van der Waals surface area contributed by atoms with Crippen molar-refractivity contribution in [3.8, 4) is 0 Å². The van der Waals surface area contributed by atoms with Crippen molar-refractivity contribution in [1.82, 2.24) is 0 Å². The van der Waals surface area contributed by atoms with E-state index in [1.165, 1.54) is 0 Å². The summed E-state index contributed by atoms with van der Waals surface area (Å²) in [5.74, 6) is -0.982. The molecule has 82 valence electrons. The third-order valence-corrected chi connectivity index (χ3v) is 2.88. The van der Waals surface area contributed by atoms with Gasteiger partial charge in [0.15, 0.2) is 0 Å². The van der Waals surface area contributed by atoms with Crippen LogP contribution in [0.25, 0.3) is 0 Å². The van der Waals surface area contributed by atoms with Crippen LogP contribution in [-0.2, 0) is 10.2 Å². The second-order valence-corrected chi connectivity index (χ2v) is 4.00. The summed E-state index contributed by atoms with van der Waals surface area (Å²) in [7, 11) is 0. The Morgan fingerprint density at radius 1 is 1.47 bits per heavy atom. The Kier molecular flexibility index (Phi) is 3.72. The molecule has 0 aliphatic rings. The lowest BCUT2D eigenvalue weighted by Crippen LogP contribution is -2.33. The molecule has 1 unspecified atom stereocenters. The number of halogens is 1. The molecule has 0 aromatic heterocycles. The Morgan fingerprint density at radius 2 is 2.07 bits per heavy atom. The fourth-order valence-electron chi connectivity index (χ4n) is 1.49. The Morgan fingerprint density at radius 3 is 2.53 bits per heavy atom. The van der Waals surface area contributed by atoms with Gasteiger partial charge in [-0.25, -0.2) is 0 Å². The van der Waals surface area contributed by atoms with Gasteiger partial charge in [-0.1, -0.05) is 29.8 Å². The summed E-state index contributed by atoms with van der Waals surface area (Å²) in [5, 5.41) is 18.5. The van der Waals surface area contributed by atoms with Crippen LogP contribution in [0.5, 0.6) is 0 Å². The molecule has 1 aromatic carbocycles. The SMILES string of the molecule is CC(CCO)(C(=O)O)c1ccccc1Cl. The highest BCUT2D eigenvalue weighted by molar-refractivity contribution is 6.31. The highest BCUT2D eigenvalue weighted by Crippen LogP contribution is 2.32. The van der Waals surface area contributed by atoms with Crippen molar-refractivity contribution in [3.05, 3.63) is 34.9 Å². The molecular weight excluding hydrogens is 216 g/mol. The van der Waals surface area contributed by atoms with E-state index in [4.69, 9.17) is 16.7 Å². The summed E-state index contributed by atoms with van der Waals surface area (Å²) >= 11 is 5.94. The van der Waals surface area contributed by atoms with Gasteiger partial charge in [-0.15, -0.1) is 0 Å². The topological polar surface area (TPSA) is 57.5 Å². The van der Waals surface area contributed by atoms with Crippen LogP contribution in [0.3, 0.4) is 0 Å². The van der Waals surface area contributed by atoms with Crippen LogP contribution in [0.1, 0.15) is 18.9 Å². The van der Waals surface area contributed by atoms with Gasteiger partial charge in [0.1, 0.15) is 0 Å². The van der Waals surface area contributed by atoms with Crippen LogP contribution in [0.15, 0.2) is 24.3 Å². The van der Waals surface area contributed by atoms with Crippen LogP contribution < -0.4 is 0 Å². The van der Waals surface area contributed by atoms with E-state index in [-0.39, 0.29) is 13.0 Å². The normalized spacial score (nSPS) is 14.6. The van der Waals surface area contributed by atoms with Gasteiger partial charge >= 0.3 is 5.97 Å². The van der Waals surface area contributed by atoms with Crippen molar-refractivity contribution in [3.63, 3.8) is 0 Å². The van der Waals surface area contributed by atoms with Crippen LogP contribution >= 0.6 is 11.6 Å². The zero-order valence-electron chi connectivity index (χ0n) is 8.40. The number of aliphatic carboxylic acids is 1. The maximum absolute atomic E-state index is 11.2. The quantitative estimate of drug-likeness (QED) is 0.830. The minimum atomic E-state index is -1.13. The van der Waals surface area contributed by atoms with E-state index in [2.05, 4.69) is 0 Å². The summed E-state index contributed by atoms with van der Waals surface area (Å²) < 4.78 is 0. The number of carbonyl (C=O) groups is 1. The molecule has 0 amide bonds. The number of benzene rings is 1. The summed E-state index contributed by atoms with van der Waals surface area (Å²) in [6, 6.07) is 6.80. The molecule has 2 N–H and O–H groups in total. The smallest absolute Gasteiger partial charge is 0.313 e. The average Bonchev–Trinajstić information content (AvgIpc) is 2.18. The van der Waals surface area contributed by atoms with Crippen LogP contribution in [-0.4, -0.2) is 22.8 Å². The molecule has 0 fully saturated rings. The lowest BCUT2D eigenvalue weighted by atomic mass is 9.80. The van der Waals surface area contributed by atoms with E-state index in [0.29, 0.717) is 10.6 Å². The molecule has 0 spiro atoms. The molecule has 0 aliphatic heterocycles. The van der Waals surface area contributed by atoms with E-state index in [1.54, 1.807) is 31.2 Å². The van der Waals surface area contributed by atoms with Crippen LogP contribution in [0, 0.1) is 0 Å². The molecule has 0 radical (unpaired) electrons. The molecular formula is C11H13ClO3. The van der Waals surface area contributed by atoms with Crippen molar-refractivity contribution < 1.29 is 15.0 Å². The third-order valence-electron chi connectivity index (χ3n) is 2.55. The number of hydrogen-bond acceptors (Lipinski definition) is 2. The largest absolute Gasteiger partial charge is 0.481 e. The number of hydrogen-bond donors (Lipinski definition) is 2. The van der Waals surface area contributed by atoms with Gasteiger partial charge in [-0.3, -0.25) is 4.79 Å². The number of rotatable bonds is 4. The molecule has 15 heavy (non-hydrogen) atoms. The molecule has 1 aromatic rings. The van der Waals surface area contributed by atoms with Gasteiger partial charge < -0.3 is 10.2 Å². The van der Waals surface area contributed by atoms with Gasteiger partial charge in [0.25, 0.3) is 0 Å². The third kappa shape index (κ3) is 2.30. The van der Waals surface area contributed by atoms with Crippen molar-refractivity contribution in [2.75, 3.05) is 6.61 Å². The van der Waals surface area contributed by atoms with Gasteiger partial charge in [0, 0.05) is 11.6 Å². The van der Waals surface area contributed by atoms with E-state index >= 15 is 0 Å². The minimum Gasteiger partial charge on any atom is -0.481 e. The van der Waals surface area contributed by atoms with Gasteiger partial charge in [-0.2, -0.15) is 0 Å². The van der Waals surface area contributed by atoms with Crippen molar-refractivity contribution in [1.29, 1.82) is 0 Å². The molecule has 4 heteroatoms. The molecule has 0 aliphatic carbocycles. The maximum Gasteiger partial charge on any atom is 0.313 e. The molecule has 3 nitrogen and oxygen atoms in total.